The third-order valence-electron chi connectivity index (χ3n) is 6.55. The lowest BCUT2D eigenvalue weighted by molar-refractivity contribution is -0.147. The molecular formula is C21H27ClN2O2. The van der Waals surface area contributed by atoms with Crippen molar-refractivity contribution in [1.82, 2.24) is 10.6 Å². The molecule has 0 aliphatic heterocycles. The van der Waals surface area contributed by atoms with Crippen LogP contribution in [0.15, 0.2) is 24.3 Å². The molecule has 26 heavy (non-hydrogen) atoms. The second-order valence-corrected chi connectivity index (χ2v) is 9.05. The second kappa shape index (κ2) is 7.22. The van der Waals surface area contributed by atoms with Gasteiger partial charge in [0, 0.05) is 17.0 Å². The maximum Gasteiger partial charge on any atom is 0.239 e. The fourth-order valence-electron chi connectivity index (χ4n) is 5.84. The van der Waals surface area contributed by atoms with Crippen LogP contribution in [-0.4, -0.2) is 24.9 Å². The fraction of sp³-hybridized carbons (Fsp3) is 0.619. The number of carbonyl (C=O) groups is 2. The Morgan fingerprint density at radius 2 is 1.69 bits per heavy atom. The molecule has 0 heterocycles. The van der Waals surface area contributed by atoms with Crippen LogP contribution in [0.25, 0.3) is 0 Å². The van der Waals surface area contributed by atoms with Crippen molar-refractivity contribution in [1.29, 1.82) is 0 Å². The molecule has 0 radical (unpaired) electrons. The van der Waals surface area contributed by atoms with Crippen molar-refractivity contribution in [3.8, 4) is 0 Å². The van der Waals surface area contributed by atoms with Crippen molar-refractivity contribution in [2.24, 2.45) is 23.2 Å². The molecule has 2 amide bonds. The van der Waals surface area contributed by atoms with Crippen molar-refractivity contribution in [2.45, 2.75) is 44.9 Å². The second-order valence-electron chi connectivity index (χ2n) is 8.61. The quantitative estimate of drug-likeness (QED) is 0.802. The van der Waals surface area contributed by atoms with Crippen LogP contribution in [0, 0.1) is 23.2 Å². The number of benzene rings is 1. The summed E-state index contributed by atoms with van der Waals surface area (Å²) in [5.74, 6) is 2.20. The molecule has 1 aromatic rings. The molecule has 4 saturated carbocycles. The zero-order valence-corrected chi connectivity index (χ0v) is 15.9. The Bertz CT molecular complexity index is 668. The predicted molar refractivity (Wildman–Crippen MR) is 102 cm³/mol. The minimum atomic E-state index is -0.185. The van der Waals surface area contributed by atoms with Crippen molar-refractivity contribution >= 4 is 23.4 Å². The highest BCUT2D eigenvalue weighted by molar-refractivity contribution is 6.30. The molecule has 4 fully saturated rings. The van der Waals surface area contributed by atoms with E-state index in [0.29, 0.717) is 11.6 Å². The van der Waals surface area contributed by atoms with Gasteiger partial charge in [-0.3, -0.25) is 9.59 Å². The van der Waals surface area contributed by atoms with Gasteiger partial charge in [-0.15, -0.1) is 0 Å². The molecule has 5 rings (SSSR count). The van der Waals surface area contributed by atoms with E-state index in [4.69, 9.17) is 11.6 Å². The van der Waals surface area contributed by atoms with Gasteiger partial charge in [0.25, 0.3) is 0 Å². The van der Waals surface area contributed by atoms with Gasteiger partial charge in [0.15, 0.2) is 0 Å². The molecule has 4 aliphatic rings. The van der Waals surface area contributed by atoms with Crippen LogP contribution in [0.3, 0.4) is 0 Å². The summed E-state index contributed by atoms with van der Waals surface area (Å²) in [6.45, 7) is 0.628. The standard InChI is InChI=1S/C21H27ClN2O2/c22-18-3-1-2-14(9-18)4-5-23-19(25)13-24-20(26)21-10-15-6-16(11-21)8-17(7-15)12-21/h1-3,9,15-17H,4-8,10-13H2,(H,23,25)(H,24,26). The number of halogens is 1. The van der Waals surface area contributed by atoms with E-state index in [1.165, 1.54) is 19.3 Å². The van der Waals surface area contributed by atoms with Crippen LogP contribution in [0.2, 0.25) is 5.02 Å². The average Bonchev–Trinajstić information content (AvgIpc) is 2.58. The summed E-state index contributed by atoms with van der Waals surface area (Å²) < 4.78 is 0. The maximum absolute atomic E-state index is 12.8. The van der Waals surface area contributed by atoms with Crippen LogP contribution in [0.5, 0.6) is 0 Å². The molecular weight excluding hydrogens is 348 g/mol. The lowest BCUT2D eigenvalue weighted by atomic mass is 9.49. The highest BCUT2D eigenvalue weighted by Crippen LogP contribution is 2.60. The Labute approximate surface area is 160 Å². The van der Waals surface area contributed by atoms with Crippen LogP contribution >= 0.6 is 11.6 Å². The molecule has 1 aromatic carbocycles. The Kier molecular flexibility index (Phi) is 4.96. The summed E-state index contributed by atoms with van der Waals surface area (Å²) in [5.41, 5.74) is 0.908. The molecule has 4 aliphatic carbocycles. The summed E-state index contributed by atoms with van der Waals surface area (Å²) in [5, 5.41) is 6.51. The highest BCUT2D eigenvalue weighted by atomic mass is 35.5. The largest absolute Gasteiger partial charge is 0.354 e. The van der Waals surface area contributed by atoms with E-state index < -0.39 is 0 Å². The summed E-state index contributed by atoms with van der Waals surface area (Å²) in [7, 11) is 0. The zero-order valence-electron chi connectivity index (χ0n) is 15.1. The van der Waals surface area contributed by atoms with E-state index in [2.05, 4.69) is 10.6 Å². The first-order chi connectivity index (χ1) is 12.5. The van der Waals surface area contributed by atoms with Crippen molar-refractivity contribution in [2.75, 3.05) is 13.1 Å². The topological polar surface area (TPSA) is 58.2 Å². The highest BCUT2D eigenvalue weighted by Gasteiger charge is 2.54. The summed E-state index contributed by atoms with van der Waals surface area (Å²) in [6, 6.07) is 7.64. The number of hydrogen-bond donors (Lipinski definition) is 2. The smallest absolute Gasteiger partial charge is 0.239 e. The minimum Gasteiger partial charge on any atom is -0.354 e. The number of carbonyl (C=O) groups excluding carboxylic acids is 2. The molecule has 0 unspecified atom stereocenters. The Morgan fingerprint density at radius 3 is 2.31 bits per heavy atom. The van der Waals surface area contributed by atoms with Crippen LogP contribution in [0.4, 0.5) is 0 Å². The lowest BCUT2D eigenvalue weighted by Crippen LogP contribution is -2.54. The van der Waals surface area contributed by atoms with Gasteiger partial charge in [0.05, 0.1) is 6.54 Å². The van der Waals surface area contributed by atoms with Crippen molar-refractivity contribution < 1.29 is 9.59 Å². The van der Waals surface area contributed by atoms with Crippen molar-refractivity contribution in [3.63, 3.8) is 0 Å². The molecule has 2 N–H and O–H groups in total. The normalized spacial score (nSPS) is 31.7. The Morgan fingerprint density at radius 1 is 1.04 bits per heavy atom. The van der Waals surface area contributed by atoms with E-state index in [1.807, 2.05) is 24.3 Å². The summed E-state index contributed by atoms with van der Waals surface area (Å²) in [6.07, 6.45) is 7.77. The molecule has 0 spiro atoms. The summed E-state index contributed by atoms with van der Waals surface area (Å²) >= 11 is 5.96. The van der Waals surface area contributed by atoms with Gasteiger partial charge in [-0.1, -0.05) is 23.7 Å². The first kappa shape index (κ1) is 17.8. The van der Waals surface area contributed by atoms with Crippen molar-refractivity contribution in [3.05, 3.63) is 34.9 Å². The van der Waals surface area contributed by atoms with Crippen LogP contribution in [0.1, 0.15) is 44.1 Å². The number of hydrogen-bond acceptors (Lipinski definition) is 2. The zero-order chi connectivity index (χ0) is 18.1. The first-order valence-corrected chi connectivity index (χ1v) is 10.2. The summed E-state index contributed by atoms with van der Waals surface area (Å²) in [4.78, 5) is 24.9. The number of rotatable bonds is 6. The van der Waals surface area contributed by atoms with Gasteiger partial charge in [-0.05, 0) is 80.4 Å². The molecule has 0 atom stereocenters. The molecule has 0 saturated heterocycles. The maximum atomic E-state index is 12.8. The number of amides is 2. The van der Waals surface area contributed by atoms with E-state index in [0.717, 1.165) is 49.0 Å². The van der Waals surface area contributed by atoms with Crippen LogP contribution < -0.4 is 10.6 Å². The minimum absolute atomic E-state index is 0.0795. The van der Waals surface area contributed by atoms with E-state index in [-0.39, 0.29) is 23.8 Å². The van der Waals surface area contributed by atoms with E-state index in [9.17, 15) is 9.59 Å². The van der Waals surface area contributed by atoms with E-state index >= 15 is 0 Å². The SMILES string of the molecule is O=C(CNC(=O)C12CC3CC(CC(C3)C1)C2)NCCc1cccc(Cl)c1. The van der Waals surface area contributed by atoms with Gasteiger partial charge in [0.1, 0.15) is 0 Å². The number of nitrogens with one attached hydrogen (secondary N) is 2. The van der Waals surface area contributed by atoms with Gasteiger partial charge < -0.3 is 10.6 Å². The molecule has 0 aromatic heterocycles. The molecule has 140 valence electrons. The van der Waals surface area contributed by atoms with Crippen LogP contribution in [-0.2, 0) is 16.0 Å². The third-order valence-corrected chi connectivity index (χ3v) is 6.79. The van der Waals surface area contributed by atoms with Gasteiger partial charge in [-0.2, -0.15) is 0 Å². The van der Waals surface area contributed by atoms with Gasteiger partial charge in [-0.25, -0.2) is 0 Å². The van der Waals surface area contributed by atoms with Gasteiger partial charge in [0.2, 0.25) is 11.8 Å². The first-order valence-electron chi connectivity index (χ1n) is 9.82. The Hall–Kier alpha value is -1.55. The lowest BCUT2D eigenvalue weighted by Gasteiger charge is -2.55. The average molecular weight is 375 g/mol. The monoisotopic (exact) mass is 374 g/mol. The predicted octanol–water partition coefficient (Wildman–Crippen LogP) is 3.33. The fourth-order valence-corrected chi connectivity index (χ4v) is 6.05. The third kappa shape index (κ3) is 3.75. The molecule has 4 bridgehead atoms. The molecule has 5 heteroatoms. The molecule has 4 nitrogen and oxygen atoms in total. The van der Waals surface area contributed by atoms with Gasteiger partial charge >= 0.3 is 0 Å². The Balaban J connectivity index is 1.22. The van der Waals surface area contributed by atoms with E-state index in [1.54, 1.807) is 0 Å².